The van der Waals surface area contributed by atoms with Crippen molar-refractivity contribution >= 4 is 39.3 Å². The van der Waals surface area contributed by atoms with Crippen LogP contribution in [0.15, 0.2) is 28.7 Å². The number of carbonyl (C=O) groups excluding carboxylic acids is 3. The molecule has 2 bridgehead atoms. The van der Waals surface area contributed by atoms with Crippen LogP contribution in [0.2, 0.25) is 0 Å². The molecule has 2 aliphatic rings. The Bertz CT molecular complexity index is 746. The molecule has 2 unspecified atom stereocenters. The van der Waals surface area contributed by atoms with E-state index in [1.165, 1.54) is 4.90 Å². The highest BCUT2D eigenvalue weighted by molar-refractivity contribution is 9.10. The fourth-order valence-electron chi connectivity index (χ4n) is 4.10. The van der Waals surface area contributed by atoms with E-state index in [4.69, 9.17) is 0 Å². The van der Waals surface area contributed by atoms with Gasteiger partial charge in [0.15, 0.2) is 0 Å². The highest BCUT2D eigenvalue weighted by Crippen LogP contribution is 2.60. The molecule has 6 heteroatoms. The number of carbonyl (C=O) groups is 3. The minimum atomic E-state index is -0.523. The number of anilines is 1. The summed E-state index contributed by atoms with van der Waals surface area (Å²) in [5.41, 5.74) is -0.170. The largest absolute Gasteiger partial charge is 0.325 e. The SMILES string of the molecule is CC12CCC(C(=O)N(CCC(=O)Nc3ccccc3Br)C1=O)C2(C)C. The predicted octanol–water partition coefficient (Wildman–Crippen LogP) is 3.59. The van der Waals surface area contributed by atoms with E-state index in [1.807, 2.05) is 39.0 Å². The van der Waals surface area contributed by atoms with E-state index < -0.39 is 5.41 Å². The van der Waals surface area contributed by atoms with E-state index in [9.17, 15) is 14.4 Å². The minimum absolute atomic E-state index is 0.0992. The Balaban J connectivity index is 1.68. The van der Waals surface area contributed by atoms with Crippen LogP contribution in [0.5, 0.6) is 0 Å². The third kappa shape index (κ3) is 2.80. The maximum absolute atomic E-state index is 12.9. The number of fused-ring (bicyclic) bond motifs is 2. The van der Waals surface area contributed by atoms with Gasteiger partial charge in [-0.2, -0.15) is 0 Å². The molecule has 0 radical (unpaired) electrons. The summed E-state index contributed by atoms with van der Waals surface area (Å²) in [5, 5.41) is 2.81. The topological polar surface area (TPSA) is 66.5 Å². The van der Waals surface area contributed by atoms with Crippen LogP contribution < -0.4 is 5.32 Å². The molecular weight excluding hydrogens is 384 g/mol. The molecule has 1 saturated heterocycles. The van der Waals surface area contributed by atoms with Crippen LogP contribution in [0.25, 0.3) is 0 Å². The summed E-state index contributed by atoms with van der Waals surface area (Å²) in [5.74, 6) is -0.611. The first-order valence-electron chi connectivity index (χ1n) is 8.58. The number of amides is 3. The van der Waals surface area contributed by atoms with E-state index in [1.54, 1.807) is 6.07 Å². The normalized spacial score (nSPS) is 27.5. The van der Waals surface area contributed by atoms with Crippen molar-refractivity contribution in [2.45, 2.75) is 40.0 Å². The number of likely N-dealkylation sites (tertiary alicyclic amines) is 1. The number of nitrogens with one attached hydrogen (secondary N) is 1. The highest BCUT2D eigenvalue weighted by atomic mass is 79.9. The first-order chi connectivity index (χ1) is 11.7. The molecule has 0 aromatic heterocycles. The Morgan fingerprint density at radius 2 is 1.96 bits per heavy atom. The minimum Gasteiger partial charge on any atom is -0.325 e. The smallest absolute Gasteiger partial charge is 0.235 e. The molecule has 2 atom stereocenters. The summed E-state index contributed by atoms with van der Waals surface area (Å²) >= 11 is 3.38. The number of piperidine rings is 1. The van der Waals surface area contributed by atoms with Crippen molar-refractivity contribution in [1.29, 1.82) is 0 Å². The molecule has 2 fully saturated rings. The van der Waals surface area contributed by atoms with Crippen molar-refractivity contribution in [3.05, 3.63) is 28.7 Å². The Morgan fingerprint density at radius 3 is 2.64 bits per heavy atom. The van der Waals surface area contributed by atoms with Crippen molar-refractivity contribution in [2.24, 2.45) is 16.7 Å². The number of para-hydroxylation sites is 1. The van der Waals surface area contributed by atoms with E-state index in [-0.39, 0.29) is 42.0 Å². The van der Waals surface area contributed by atoms with Gasteiger partial charge >= 0.3 is 0 Å². The lowest BCUT2D eigenvalue weighted by molar-refractivity contribution is -0.167. The van der Waals surface area contributed by atoms with Crippen molar-refractivity contribution in [3.8, 4) is 0 Å². The molecule has 0 spiro atoms. The van der Waals surface area contributed by atoms with E-state index in [2.05, 4.69) is 21.2 Å². The van der Waals surface area contributed by atoms with Gasteiger partial charge in [0.1, 0.15) is 0 Å². The molecule has 1 N–H and O–H groups in total. The predicted molar refractivity (Wildman–Crippen MR) is 98.7 cm³/mol. The molecule has 1 aromatic rings. The number of imide groups is 1. The zero-order valence-electron chi connectivity index (χ0n) is 14.8. The van der Waals surface area contributed by atoms with Gasteiger partial charge in [0, 0.05) is 23.4 Å². The Morgan fingerprint density at radius 1 is 1.28 bits per heavy atom. The summed E-state index contributed by atoms with van der Waals surface area (Å²) in [4.78, 5) is 39.2. The number of benzene rings is 1. The average molecular weight is 407 g/mol. The van der Waals surface area contributed by atoms with Crippen molar-refractivity contribution in [3.63, 3.8) is 0 Å². The maximum atomic E-state index is 12.9. The van der Waals surface area contributed by atoms with E-state index in [0.717, 1.165) is 17.3 Å². The zero-order valence-corrected chi connectivity index (χ0v) is 16.4. The first kappa shape index (κ1) is 18.1. The molecule has 1 aliphatic carbocycles. The molecular formula is C19H23BrN2O3. The van der Waals surface area contributed by atoms with Crippen LogP contribution in [0.1, 0.15) is 40.0 Å². The number of hydrogen-bond donors (Lipinski definition) is 1. The first-order valence-corrected chi connectivity index (χ1v) is 9.38. The second-order valence-corrected chi connectivity index (χ2v) is 8.57. The molecule has 3 rings (SSSR count). The average Bonchev–Trinajstić information content (AvgIpc) is 2.74. The summed E-state index contributed by atoms with van der Waals surface area (Å²) in [6.45, 7) is 6.11. The van der Waals surface area contributed by atoms with Gasteiger partial charge in [0.2, 0.25) is 17.7 Å². The molecule has 3 amide bonds. The molecule has 5 nitrogen and oxygen atoms in total. The van der Waals surface area contributed by atoms with Gasteiger partial charge < -0.3 is 5.32 Å². The monoisotopic (exact) mass is 406 g/mol. The number of rotatable bonds is 4. The maximum Gasteiger partial charge on any atom is 0.235 e. The van der Waals surface area contributed by atoms with Gasteiger partial charge in [-0.1, -0.05) is 32.9 Å². The Hall–Kier alpha value is -1.69. The van der Waals surface area contributed by atoms with Crippen LogP contribution in [-0.2, 0) is 14.4 Å². The van der Waals surface area contributed by atoms with Gasteiger partial charge in [-0.25, -0.2) is 0 Å². The molecule has 1 aliphatic heterocycles. The van der Waals surface area contributed by atoms with Crippen LogP contribution >= 0.6 is 15.9 Å². The fourth-order valence-corrected chi connectivity index (χ4v) is 4.49. The van der Waals surface area contributed by atoms with E-state index >= 15 is 0 Å². The summed E-state index contributed by atoms with van der Waals surface area (Å²) in [7, 11) is 0. The van der Waals surface area contributed by atoms with Crippen LogP contribution in [0.3, 0.4) is 0 Å². The number of hydrogen-bond acceptors (Lipinski definition) is 3. The molecule has 25 heavy (non-hydrogen) atoms. The number of nitrogens with zero attached hydrogens (tertiary/aromatic N) is 1. The molecule has 1 saturated carbocycles. The van der Waals surface area contributed by atoms with Crippen LogP contribution in [0.4, 0.5) is 5.69 Å². The second-order valence-electron chi connectivity index (χ2n) is 7.72. The summed E-state index contributed by atoms with van der Waals surface area (Å²) in [6, 6.07) is 7.33. The molecule has 134 valence electrons. The van der Waals surface area contributed by atoms with Crippen molar-refractivity contribution in [1.82, 2.24) is 4.90 Å². The highest BCUT2D eigenvalue weighted by Gasteiger charge is 2.64. The summed E-state index contributed by atoms with van der Waals surface area (Å²) in [6.07, 6.45) is 1.57. The third-order valence-corrected chi connectivity index (χ3v) is 6.91. The van der Waals surface area contributed by atoms with Crippen LogP contribution in [-0.4, -0.2) is 29.2 Å². The standard InChI is InChI=1S/C19H23BrN2O3/c1-18(2)12-8-10-19(18,3)17(25)22(16(12)24)11-9-15(23)21-14-7-5-4-6-13(14)20/h4-7,12H,8-11H2,1-3H3,(H,21,23). The second kappa shape index (κ2) is 6.24. The van der Waals surface area contributed by atoms with Gasteiger partial charge in [0.05, 0.1) is 11.1 Å². The van der Waals surface area contributed by atoms with Crippen molar-refractivity contribution in [2.75, 3.05) is 11.9 Å². The fraction of sp³-hybridized carbons (Fsp3) is 0.526. The third-order valence-electron chi connectivity index (χ3n) is 6.22. The molecule has 1 aromatic carbocycles. The molecule has 1 heterocycles. The van der Waals surface area contributed by atoms with Gasteiger partial charge in [-0.15, -0.1) is 0 Å². The van der Waals surface area contributed by atoms with Gasteiger partial charge in [0.25, 0.3) is 0 Å². The van der Waals surface area contributed by atoms with Gasteiger partial charge in [-0.3, -0.25) is 19.3 Å². The number of halogens is 1. The Kier molecular flexibility index (Phi) is 4.52. The quantitative estimate of drug-likeness (QED) is 0.776. The zero-order chi connectivity index (χ0) is 18.4. The lowest BCUT2D eigenvalue weighted by Crippen LogP contribution is -2.59. The van der Waals surface area contributed by atoms with Crippen LogP contribution in [0, 0.1) is 16.7 Å². The lowest BCUT2D eigenvalue weighted by atomic mass is 9.62. The Labute approximate surface area is 156 Å². The van der Waals surface area contributed by atoms with Crippen molar-refractivity contribution < 1.29 is 14.4 Å². The lowest BCUT2D eigenvalue weighted by Gasteiger charge is -2.47. The van der Waals surface area contributed by atoms with Gasteiger partial charge in [-0.05, 0) is 46.3 Å². The summed E-state index contributed by atoms with van der Waals surface area (Å²) < 4.78 is 0.792. The van der Waals surface area contributed by atoms with E-state index in [0.29, 0.717) is 5.69 Å².